The smallest absolute Gasteiger partial charge is 0.430 e. The fourth-order valence-corrected chi connectivity index (χ4v) is 6.06. The van der Waals surface area contributed by atoms with Crippen LogP contribution < -0.4 is 5.32 Å². The molecule has 1 fully saturated rings. The van der Waals surface area contributed by atoms with Gasteiger partial charge in [0.2, 0.25) is 9.70 Å². The Labute approximate surface area is 208 Å². The molecule has 0 spiro atoms. The molecule has 1 heterocycles. The van der Waals surface area contributed by atoms with Crippen molar-refractivity contribution in [3.05, 3.63) is 0 Å². The Hall–Kier alpha value is 0.577. The van der Waals surface area contributed by atoms with Crippen molar-refractivity contribution in [2.75, 3.05) is 19.0 Å². The monoisotopic (exact) mass is 555 g/mol. The van der Waals surface area contributed by atoms with Crippen LogP contribution in [0.3, 0.4) is 0 Å². The van der Waals surface area contributed by atoms with Crippen molar-refractivity contribution >= 4 is 94.5 Å². The van der Waals surface area contributed by atoms with Gasteiger partial charge in [0.05, 0.1) is 5.37 Å². The van der Waals surface area contributed by atoms with Crippen molar-refractivity contribution < 1.29 is 23.5 Å². The molecule has 1 rings (SSSR count). The summed E-state index contributed by atoms with van der Waals surface area (Å²) in [5.41, 5.74) is 0. The van der Waals surface area contributed by atoms with E-state index in [1.54, 1.807) is 6.92 Å². The van der Waals surface area contributed by atoms with Gasteiger partial charge >= 0.3 is 6.16 Å². The molecule has 1 aliphatic rings. The van der Waals surface area contributed by atoms with Gasteiger partial charge in [-0.15, -0.1) is 11.8 Å². The van der Waals surface area contributed by atoms with Crippen LogP contribution in [0.5, 0.6) is 0 Å². The molecule has 0 aromatic carbocycles. The van der Waals surface area contributed by atoms with Crippen LogP contribution >= 0.6 is 70.5 Å². The van der Waals surface area contributed by atoms with E-state index in [1.807, 2.05) is 0 Å². The van der Waals surface area contributed by atoms with Gasteiger partial charge in [-0.25, -0.2) is 4.79 Å². The molecule has 3 atom stereocenters. The fourth-order valence-electron chi connectivity index (χ4n) is 2.11. The summed E-state index contributed by atoms with van der Waals surface area (Å²) in [7, 11) is -1.78. The Balaban J connectivity index is 2.40. The molecule has 13 heteroatoms. The average Bonchev–Trinajstić information content (AvgIpc) is 2.54. The van der Waals surface area contributed by atoms with Crippen LogP contribution in [0.15, 0.2) is 0 Å². The summed E-state index contributed by atoms with van der Waals surface area (Å²) in [4.78, 5) is 23.6. The number of thioether (sulfide) groups is 2. The van der Waals surface area contributed by atoms with Crippen molar-refractivity contribution in [3.63, 3.8) is 0 Å². The summed E-state index contributed by atoms with van der Waals surface area (Å²) in [6, 6.07) is 0. The topological polar surface area (TPSA) is 73.9 Å². The van der Waals surface area contributed by atoms with Gasteiger partial charge < -0.3 is 19.2 Å². The number of hydrogen-bond donors (Lipinski definition) is 1. The fraction of sp³-hybridized carbons (Fsp3) is 0.824. The number of carbonyl (C=O) groups excluding carboxylic acids is 2. The van der Waals surface area contributed by atoms with Gasteiger partial charge in [0, 0.05) is 12.4 Å². The summed E-state index contributed by atoms with van der Waals surface area (Å²) < 4.78 is 14.9. The molecule has 1 aliphatic heterocycles. The predicted molar refractivity (Wildman–Crippen MR) is 133 cm³/mol. The largest absolute Gasteiger partial charge is 0.508 e. The molecule has 30 heavy (non-hydrogen) atoms. The normalized spacial score (nSPS) is 20.8. The van der Waals surface area contributed by atoms with Crippen molar-refractivity contribution in [3.8, 4) is 0 Å². The first-order valence-corrected chi connectivity index (χ1v) is 15.5. The lowest BCUT2D eigenvalue weighted by molar-refractivity contribution is -0.137. The third kappa shape index (κ3) is 9.60. The highest BCUT2D eigenvalue weighted by molar-refractivity contribution is 8.47. The molecule has 0 aromatic rings. The third-order valence-electron chi connectivity index (χ3n) is 4.85. The maximum atomic E-state index is 11.9. The van der Waals surface area contributed by atoms with Crippen LogP contribution in [-0.2, 0) is 18.7 Å². The maximum absolute atomic E-state index is 11.9. The summed E-state index contributed by atoms with van der Waals surface area (Å²) in [6.07, 6.45) is -1.72. The van der Waals surface area contributed by atoms with E-state index in [9.17, 15) is 9.59 Å². The van der Waals surface area contributed by atoms with E-state index < -0.39 is 36.9 Å². The van der Waals surface area contributed by atoms with Gasteiger partial charge in [-0.2, -0.15) is 0 Å². The molecule has 0 radical (unpaired) electrons. The third-order valence-corrected chi connectivity index (χ3v) is 12.5. The Morgan fingerprint density at radius 1 is 1.30 bits per heavy atom. The highest BCUT2D eigenvalue weighted by atomic mass is 35.6. The average molecular weight is 557 g/mol. The number of ether oxygens (including phenoxy) is 2. The van der Waals surface area contributed by atoms with Gasteiger partial charge in [0.25, 0.3) is 0 Å². The quantitative estimate of drug-likeness (QED) is 0.101. The molecule has 1 saturated heterocycles. The lowest BCUT2D eigenvalue weighted by atomic mass is 9.96. The second kappa shape index (κ2) is 11.6. The zero-order valence-corrected chi connectivity index (χ0v) is 23.5. The number of rotatable bonds is 8. The molecule has 0 aromatic heterocycles. The lowest BCUT2D eigenvalue weighted by Gasteiger charge is -2.38. The van der Waals surface area contributed by atoms with Crippen LogP contribution in [0.4, 0.5) is 4.79 Å². The van der Waals surface area contributed by atoms with E-state index in [-0.39, 0.29) is 16.3 Å². The molecule has 0 saturated carbocycles. The van der Waals surface area contributed by atoms with Crippen molar-refractivity contribution in [2.45, 2.75) is 61.1 Å². The molecular weight excluding hydrogens is 529 g/mol. The Bertz CT molecular complexity index is 643. The first kappa shape index (κ1) is 28.6. The van der Waals surface area contributed by atoms with Gasteiger partial charge in [0.15, 0.2) is 8.32 Å². The number of thiocarbonyl (C=S) groups is 1. The highest BCUT2D eigenvalue weighted by Gasteiger charge is 2.46. The van der Waals surface area contributed by atoms with Gasteiger partial charge in [-0.05, 0) is 25.1 Å². The van der Waals surface area contributed by atoms with Crippen LogP contribution in [0.1, 0.15) is 27.7 Å². The van der Waals surface area contributed by atoms with E-state index >= 15 is 0 Å². The van der Waals surface area contributed by atoms with Gasteiger partial charge in [-0.3, -0.25) is 4.79 Å². The molecule has 174 valence electrons. The number of nitrogens with one attached hydrogen (secondary N) is 1. The van der Waals surface area contributed by atoms with E-state index in [1.165, 1.54) is 23.5 Å². The standard InChI is InChI=1S/C17H28Cl3NO5S3Si/c1-10(26-14(23)24-9-17(18,19)20)11-12(22)21-13(11)29-15(27)28-8-7-25-30(5,6)16(2,3)4/h10-11,13H,7-9H2,1-6H3,(H,21,22)/t10?,11-,13+/m0/s1. The predicted octanol–water partition coefficient (Wildman–Crippen LogP) is 5.74. The van der Waals surface area contributed by atoms with Crippen molar-refractivity contribution in [1.82, 2.24) is 5.32 Å². The van der Waals surface area contributed by atoms with Crippen molar-refractivity contribution in [1.29, 1.82) is 0 Å². The summed E-state index contributed by atoms with van der Waals surface area (Å²) in [5, 5.41) is 2.65. The zero-order valence-electron chi connectivity index (χ0n) is 17.8. The molecule has 0 aliphatic carbocycles. The summed E-state index contributed by atoms with van der Waals surface area (Å²) in [5.74, 6) is -0.0281. The molecule has 1 unspecified atom stereocenters. The molecule has 0 bridgehead atoms. The van der Waals surface area contributed by atoms with E-state index in [0.29, 0.717) is 10.1 Å². The number of β-lactam (4-membered cyclic amide) rings is 1. The second-order valence-electron chi connectivity index (χ2n) is 8.26. The second-order valence-corrected chi connectivity index (χ2v) is 19.0. The Morgan fingerprint density at radius 2 is 1.90 bits per heavy atom. The Kier molecular flexibility index (Phi) is 11.1. The summed E-state index contributed by atoms with van der Waals surface area (Å²) in [6.45, 7) is 12.8. The van der Waals surface area contributed by atoms with E-state index in [0.717, 1.165) is 5.75 Å². The minimum absolute atomic E-state index is 0.159. The SMILES string of the molecule is CC(OC(=O)OCC(Cl)(Cl)Cl)[C@H]1C(=O)N[C@@H]1SC(=S)SCCO[Si](C)(C)C(C)(C)C. The van der Waals surface area contributed by atoms with Crippen LogP contribution in [0.2, 0.25) is 18.1 Å². The lowest BCUT2D eigenvalue weighted by Crippen LogP contribution is -2.61. The molecule has 6 nitrogen and oxygen atoms in total. The van der Waals surface area contributed by atoms with E-state index in [2.05, 4.69) is 39.2 Å². The maximum Gasteiger partial charge on any atom is 0.508 e. The number of amides is 1. The van der Waals surface area contributed by atoms with Crippen LogP contribution in [0.25, 0.3) is 0 Å². The zero-order chi connectivity index (χ0) is 23.3. The number of carbonyl (C=O) groups is 2. The highest BCUT2D eigenvalue weighted by Crippen LogP contribution is 2.37. The molecule has 1 amide bonds. The minimum atomic E-state index is -1.78. The first-order chi connectivity index (χ1) is 13.5. The number of alkyl halides is 3. The van der Waals surface area contributed by atoms with Crippen LogP contribution in [-0.4, -0.2) is 58.1 Å². The Morgan fingerprint density at radius 3 is 2.40 bits per heavy atom. The number of halogens is 3. The summed E-state index contributed by atoms with van der Waals surface area (Å²) >= 11 is 24.9. The molecule has 1 N–H and O–H groups in total. The molecular formula is C17H28Cl3NO5S3Si. The van der Waals surface area contributed by atoms with Gasteiger partial charge in [-0.1, -0.05) is 79.6 Å². The first-order valence-electron chi connectivity index (χ1n) is 9.21. The number of hydrogen-bond acceptors (Lipinski definition) is 8. The van der Waals surface area contributed by atoms with Crippen molar-refractivity contribution in [2.24, 2.45) is 5.92 Å². The van der Waals surface area contributed by atoms with Crippen LogP contribution in [0, 0.1) is 5.92 Å². The van der Waals surface area contributed by atoms with Gasteiger partial charge in [0.1, 0.15) is 22.2 Å². The minimum Gasteiger partial charge on any atom is -0.430 e. The van der Waals surface area contributed by atoms with E-state index in [4.69, 9.17) is 60.9 Å².